The van der Waals surface area contributed by atoms with Crippen LogP contribution in [0, 0.1) is 0 Å². The predicted octanol–water partition coefficient (Wildman–Crippen LogP) is 7.33. The van der Waals surface area contributed by atoms with Crippen LogP contribution in [0.25, 0.3) is 0 Å². The number of phenolic OH excluding ortho intramolecular Hbond substituents is 2. The van der Waals surface area contributed by atoms with E-state index in [1.165, 1.54) is 25.7 Å². The van der Waals surface area contributed by atoms with E-state index in [2.05, 4.69) is 30.8 Å². The van der Waals surface area contributed by atoms with E-state index >= 15 is 0 Å². The molecule has 1 unspecified atom stereocenters. The van der Waals surface area contributed by atoms with E-state index in [4.69, 9.17) is 9.47 Å². The van der Waals surface area contributed by atoms with Crippen molar-refractivity contribution in [3.8, 4) is 23.0 Å². The molecule has 2 aromatic rings. The Balaban J connectivity index is 1.84. The molecule has 0 amide bonds. The number of rotatable bonds is 18. The third-order valence-electron chi connectivity index (χ3n) is 5.98. The average Bonchev–Trinajstić information content (AvgIpc) is 2.87. The van der Waals surface area contributed by atoms with Crippen LogP contribution in [0.4, 0.5) is 0 Å². The third-order valence-corrected chi connectivity index (χ3v) is 5.98. The number of benzene rings is 2. The minimum absolute atomic E-state index is 0.0250. The number of unbranched alkanes of at least 4 members (excludes halogenated alkanes) is 6. The third kappa shape index (κ3) is 11.1. The van der Waals surface area contributed by atoms with Gasteiger partial charge in [0.2, 0.25) is 0 Å². The second-order valence-corrected chi connectivity index (χ2v) is 9.09. The van der Waals surface area contributed by atoms with Gasteiger partial charge in [-0.3, -0.25) is 9.98 Å². The monoisotopic (exact) mass is 496 g/mol. The van der Waals surface area contributed by atoms with Crippen molar-refractivity contribution in [1.82, 2.24) is 0 Å². The number of nitrogens with zero attached hydrogens (tertiary/aromatic N) is 2. The fourth-order valence-corrected chi connectivity index (χ4v) is 3.62. The lowest BCUT2D eigenvalue weighted by Crippen LogP contribution is -2.08. The highest BCUT2D eigenvalue weighted by molar-refractivity contribution is 5.84. The molecule has 198 valence electrons. The van der Waals surface area contributed by atoms with Gasteiger partial charge in [0.25, 0.3) is 0 Å². The quantitative estimate of drug-likeness (QED) is 0.167. The zero-order valence-corrected chi connectivity index (χ0v) is 22.3. The van der Waals surface area contributed by atoms with Gasteiger partial charge in [-0.05, 0) is 43.5 Å². The first-order valence-corrected chi connectivity index (χ1v) is 13.5. The van der Waals surface area contributed by atoms with Crippen molar-refractivity contribution in [3.05, 3.63) is 47.5 Å². The molecule has 1 atom stereocenters. The lowest BCUT2D eigenvalue weighted by atomic mass is 10.2. The first-order valence-electron chi connectivity index (χ1n) is 13.5. The SMILES string of the molecule is CCCCCCOc1ccc(C=NCC(CC)N=Cc2ccc(OCCCCCC)cc2O)c(O)c1. The minimum atomic E-state index is -0.0250. The first-order chi connectivity index (χ1) is 17.6. The summed E-state index contributed by atoms with van der Waals surface area (Å²) in [5.41, 5.74) is 1.30. The van der Waals surface area contributed by atoms with Crippen molar-refractivity contribution in [2.75, 3.05) is 19.8 Å². The summed E-state index contributed by atoms with van der Waals surface area (Å²) in [6.07, 6.45) is 13.4. The van der Waals surface area contributed by atoms with Crippen LogP contribution >= 0.6 is 0 Å². The Morgan fingerprint density at radius 3 is 1.72 bits per heavy atom. The maximum Gasteiger partial charge on any atom is 0.128 e. The summed E-state index contributed by atoms with van der Waals surface area (Å²) >= 11 is 0. The largest absolute Gasteiger partial charge is 0.507 e. The van der Waals surface area contributed by atoms with Crippen molar-refractivity contribution >= 4 is 12.4 Å². The van der Waals surface area contributed by atoms with E-state index in [-0.39, 0.29) is 17.5 Å². The molecule has 2 aromatic carbocycles. The summed E-state index contributed by atoms with van der Waals surface area (Å²) < 4.78 is 11.4. The van der Waals surface area contributed by atoms with Crippen LogP contribution in [0.1, 0.15) is 89.7 Å². The number of hydrogen-bond donors (Lipinski definition) is 2. The molecule has 0 fully saturated rings. The summed E-state index contributed by atoms with van der Waals surface area (Å²) in [6, 6.07) is 10.6. The number of hydrogen-bond acceptors (Lipinski definition) is 6. The highest BCUT2D eigenvalue weighted by atomic mass is 16.5. The van der Waals surface area contributed by atoms with E-state index in [1.807, 2.05) is 24.3 Å². The van der Waals surface area contributed by atoms with E-state index in [0.717, 1.165) is 32.1 Å². The molecule has 2 N–H and O–H groups in total. The fraction of sp³-hybridized carbons (Fsp3) is 0.533. The van der Waals surface area contributed by atoms with Crippen LogP contribution in [0.15, 0.2) is 46.4 Å². The number of aliphatic imine (C=N–C) groups is 2. The molecule has 0 aliphatic carbocycles. The van der Waals surface area contributed by atoms with E-state index in [9.17, 15) is 10.2 Å². The lowest BCUT2D eigenvalue weighted by Gasteiger charge is -2.09. The number of phenols is 2. The van der Waals surface area contributed by atoms with E-state index in [1.54, 1.807) is 24.6 Å². The van der Waals surface area contributed by atoms with Gasteiger partial charge >= 0.3 is 0 Å². The van der Waals surface area contributed by atoms with Crippen molar-refractivity contribution < 1.29 is 19.7 Å². The molecular formula is C30H44N2O4. The minimum Gasteiger partial charge on any atom is -0.507 e. The normalized spacial score (nSPS) is 12.4. The molecule has 0 spiro atoms. The van der Waals surface area contributed by atoms with Crippen molar-refractivity contribution in [1.29, 1.82) is 0 Å². The van der Waals surface area contributed by atoms with E-state index < -0.39 is 0 Å². The second-order valence-electron chi connectivity index (χ2n) is 9.09. The van der Waals surface area contributed by atoms with Crippen LogP contribution < -0.4 is 9.47 Å². The Labute approximate surface area is 217 Å². The van der Waals surface area contributed by atoms with Gasteiger partial charge in [0.05, 0.1) is 25.8 Å². The van der Waals surface area contributed by atoms with Gasteiger partial charge in [-0.25, -0.2) is 0 Å². The van der Waals surface area contributed by atoms with Gasteiger partial charge in [-0.1, -0.05) is 59.3 Å². The summed E-state index contributed by atoms with van der Waals surface area (Å²) in [6.45, 7) is 8.23. The van der Waals surface area contributed by atoms with Crippen LogP contribution in [-0.4, -0.2) is 48.4 Å². The van der Waals surface area contributed by atoms with Crippen LogP contribution in [0.3, 0.4) is 0 Å². The molecule has 0 saturated carbocycles. The first kappa shape index (κ1) is 29.2. The van der Waals surface area contributed by atoms with Crippen molar-refractivity contribution in [2.24, 2.45) is 9.98 Å². The molecule has 36 heavy (non-hydrogen) atoms. The molecule has 6 heteroatoms. The molecule has 0 saturated heterocycles. The zero-order chi connectivity index (χ0) is 26.0. The standard InChI is InChI=1S/C30H44N2O4/c1-4-7-9-11-17-35-27-15-13-24(29(33)19-27)21-31-23-26(6-3)32-22-25-14-16-28(20-30(25)34)36-18-12-10-8-5-2/h13-16,19-22,26,33-34H,4-12,17-18,23H2,1-3H3. The molecule has 0 heterocycles. The number of aromatic hydroxyl groups is 2. The molecule has 6 nitrogen and oxygen atoms in total. The van der Waals surface area contributed by atoms with E-state index in [0.29, 0.717) is 42.4 Å². The lowest BCUT2D eigenvalue weighted by molar-refractivity contribution is 0.303. The van der Waals surface area contributed by atoms with Crippen LogP contribution in [0.5, 0.6) is 23.0 Å². The maximum atomic E-state index is 10.3. The average molecular weight is 497 g/mol. The van der Waals surface area contributed by atoms with Crippen molar-refractivity contribution in [3.63, 3.8) is 0 Å². The molecule has 0 aliphatic heterocycles. The van der Waals surface area contributed by atoms with Gasteiger partial charge in [0.15, 0.2) is 0 Å². The van der Waals surface area contributed by atoms with Gasteiger partial charge < -0.3 is 19.7 Å². The molecule has 2 rings (SSSR count). The summed E-state index contributed by atoms with van der Waals surface area (Å²) in [5.74, 6) is 1.65. The molecular weight excluding hydrogens is 452 g/mol. The Hall–Kier alpha value is -3.02. The Kier molecular flexibility index (Phi) is 14.1. The Bertz CT molecular complexity index is 943. The molecule has 0 aliphatic rings. The highest BCUT2D eigenvalue weighted by Crippen LogP contribution is 2.24. The zero-order valence-electron chi connectivity index (χ0n) is 22.3. The van der Waals surface area contributed by atoms with Crippen LogP contribution in [-0.2, 0) is 0 Å². The topological polar surface area (TPSA) is 83.6 Å². The smallest absolute Gasteiger partial charge is 0.128 e. The summed E-state index contributed by atoms with van der Waals surface area (Å²) in [5, 5.41) is 20.7. The Morgan fingerprint density at radius 2 is 1.25 bits per heavy atom. The Morgan fingerprint density at radius 1 is 0.722 bits per heavy atom. The van der Waals surface area contributed by atoms with Gasteiger partial charge in [0, 0.05) is 35.7 Å². The summed E-state index contributed by atoms with van der Waals surface area (Å²) in [7, 11) is 0. The predicted molar refractivity (Wildman–Crippen MR) is 150 cm³/mol. The second kappa shape index (κ2) is 17.4. The van der Waals surface area contributed by atoms with Gasteiger partial charge in [-0.15, -0.1) is 0 Å². The maximum absolute atomic E-state index is 10.3. The highest BCUT2D eigenvalue weighted by Gasteiger charge is 2.06. The molecule has 0 aromatic heterocycles. The molecule has 0 radical (unpaired) electrons. The number of ether oxygens (including phenoxy) is 2. The van der Waals surface area contributed by atoms with Crippen LogP contribution in [0.2, 0.25) is 0 Å². The fourth-order valence-electron chi connectivity index (χ4n) is 3.62. The van der Waals surface area contributed by atoms with Crippen molar-refractivity contribution in [2.45, 2.75) is 84.6 Å². The molecule has 0 bridgehead atoms. The summed E-state index contributed by atoms with van der Waals surface area (Å²) in [4.78, 5) is 9.08. The van der Waals surface area contributed by atoms with Gasteiger partial charge in [-0.2, -0.15) is 0 Å². The van der Waals surface area contributed by atoms with Gasteiger partial charge in [0.1, 0.15) is 23.0 Å².